The molecule has 96 valence electrons. The van der Waals surface area contributed by atoms with Crippen molar-refractivity contribution in [1.29, 1.82) is 0 Å². The Morgan fingerprint density at radius 1 is 0.947 bits per heavy atom. The predicted octanol–water partition coefficient (Wildman–Crippen LogP) is 4.64. The van der Waals surface area contributed by atoms with Crippen molar-refractivity contribution in [2.45, 2.75) is 19.8 Å². The van der Waals surface area contributed by atoms with Crippen LogP contribution >= 0.6 is 0 Å². The Balaban J connectivity index is 2.11. The van der Waals surface area contributed by atoms with Gasteiger partial charge in [0.15, 0.2) is 0 Å². The minimum absolute atomic E-state index is 0.423. The summed E-state index contributed by atoms with van der Waals surface area (Å²) in [6, 6.07) is 17.5. The van der Waals surface area contributed by atoms with Crippen LogP contribution in [0.3, 0.4) is 0 Å². The molecule has 0 spiro atoms. The molecule has 1 unspecified atom stereocenters. The minimum Gasteiger partial charge on any atom is -0.350 e. The third kappa shape index (κ3) is 2.06. The summed E-state index contributed by atoms with van der Waals surface area (Å²) >= 11 is 0. The molecule has 0 aliphatic carbocycles. The summed E-state index contributed by atoms with van der Waals surface area (Å²) in [5.41, 5.74) is 5.40. The van der Waals surface area contributed by atoms with E-state index in [9.17, 15) is 0 Å². The largest absolute Gasteiger partial charge is 0.350 e. The molecular formula is C18H19N. The number of rotatable bonds is 2. The zero-order valence-electron chi connectivity index (χ0n) is 11.7. The Bertz CT molecular complexity index is 704. The maximum atomic E-state index is 2.28. The normalized spacial score (nSPS) is 12.8. The molecule has 2 aromatic carbocycles. The summed E-state index contributed by atoms with van der Waals surface area (Å²) in [6.07, 6.45) is 2.26. The van der Waals surface area contributed by atoms with E-state index in [1.165, 1.54) is 27.6 Å². The van der Waals surface area contributed by atoms with Gasteiger partial charge in [0.25, 0.3) is 0 Å². The maximum Gasteiger partial charge on any atom is 0.0480 e. The topological polar surface area (TPSA) is 4.93 Å². The van der Waals surface area contributed by atoms with E-state index in [1.807, 2.05) is 0 Å². The summed E-state index contributed by atoms with van der Waals surface area (Å²) < 4.78 is 2.22. The first kappa shape index (κ1) is 12.0. The number of para-hydroxylation sites is 1. The van der Waals surface area contributed by atoms with Gasteiger partial charge in [-0.15, -0.1) is 0 Å². The van der Waals surface area contributed by atoms with Crippen LogP contribution in [-0.4, -0.2) is 4.57 Å². The first-order chi connectivity index (χ1) is 9.16. The van der Waals surface area contributed by atoms with Gasteiger partial charge >= 0.3 is 0 Å². The quantitative estimate of drug-likeness (QED) is 0.623. The number of benzene rings is 2. The highest BCUT2D eigenvalue weighted by Gasteiger charge is 2.14. The summed E-state index contributed by atoms with van der Waals surface area (Å²) in [6.45, 7) is 4.42. The second kappa shape index (κ2) is 4.58. The van der Waals surface area contributed by atoms with E-state index >= 15 is 0 Å². The van der Waals surface area contributed by atoms with Gasteiger partial charge in [-0.1, -0.05) is 55.0 Å². The molecule has 0 N–H and O–H groups in total. The van der Waals surface area contributed by atoms with Crippen LogP contribution in [0.4, 0.5) is 0 Å². The molecule has 0 radical (unpaired) electrons. The molecule has 1 heterocycles. The zero-order valence-corrected chi connectivity index (χ0v) is 11.7. The Kier molecular flexibility index (Phi) is 2.90. The van der Waals surface area contributed by atoms with Gasteiger partial charge in [-0.3, -0.25) is 0 Å². The summed E-state index contributed by atoms with van der Waals surface area (Å²) in [5, 5.41) is 1.36. The molecule has 0 aliphatic rings. The van der Waals surface area contributed by atoms with Gasteiger partial charge < -0.3 is 4.57 Å². The SMILES string of the molecule is Cc1ccc(C(C)c2cn(C)c3ccccc23)cc1. The highest BCUT2D eigenvalue weighted by atomic mass is 14.9. The van der Waals surface area contributed by atoms with E-state index < -0.39 is 0 Å². The molecule has 0 saturated carbocycles. The van der Waals surface area contributed by atoms with E-state index in [0.29, 0.717) is 5.92 Å². The van der Waals surface area contributed by atoms with Gasteiger partial charge in [0.05, 0.1) is 0 Å². The Morgan fingerprint density at radius 3 is 2.37 bits per heavy atom. The first-order valence-corrected chi connectivity index (χ1v) is 6.77. The number of nitrogens with zero attached hydrogens (tertiary/aromatic N) is 1. The maximum absolute atomic E-state index is 2.28. The number of aryl methyl sites for hydroxylation is 2. The number of hydrogen-bond acceptors (Lipinski definition) is 0. The molecule has 0 saturated heterocycles. The van der Waals surface area contributed by atoms with Crippen molar-refractivity contribution in [3.8, 4) is 0 Å². The molecule has 3 rings (SSSR count). The molecule has 3 aromatic rings. The lowest BCUT2D eigenvalue weighted by atomic mass is 9.92. The van der Waals surface area contributed by atoms with E-state index in [-0.39, 0.29) is 0 Å². The third-order valence-electron chi connectivity index (χ3n) is 3.97. The van der Waals surface area contributed by atoms with Crippen molar-refractivity contribution in [3.05, 3.63) is 71.4 Å². The lowest BCUT2D eigenvalue weighted by Crippen LogP contribution is -1.95. The van der Waals surface area contributed by atoms with Crippen LogP contribution in [-0.2, 0) is 7.05 Å². The highest BCUT2D eigenvalue weighted by Crippen LogP contribution is 2.31. The predicted molar refractivity (Wildman–Crippen MR) is 81.6 cm³/mol. The van der Waals surface area contributed by atoms with Gasteiger partial charge in [0, 0.05) is 30.1 Å². The summed E-state index contributed by atoms with van der Waals surface area (Å²) in [7, 11) is 2.12. The van der Waals surface area contributed by atoms with Crippen molar-refractivity contribution in [2.75, 3.05) is 0 Å². The number of hydrogen-bond donors (Lipinski definition) is 0. The third-order valence-corrected chi connectivity index (χ3v) is 3.97. The van der Waals surface area contributed by atoms with Crippen LogP contribution in [0.5, 0.6) is 0 Å². The van der Waals surface area contributed by atoms with E-state index in [2.05, 4.69) is 80.2 Å². The van der Waals surface area contributed by atoms with E-state index in [0.717, 1.165) is 0 Å². The molecule has 1 atom stereocenters. The van der Waals surface area contributed by atoms with E-state index in [4.69, 9.17) is 0 Å². The van der Waals surface area contributed by atoms with Crippen molar-refractivity contribution >= 4 is 10.9 Å². The van der Waals surface area contributed by atoms with Crippen LogP contribution in [0.15, 0.2) is 54.7 Å². The van der Waals surface area contributed by atoms with Gasteiger partial charge in [0.2, 0.25) is 0 Å². The molecular weight excluding hydrogens is 230 g/mol. The first-order valence-electron chi connectivity index (χ1n) is 6.77. The van der Waals surface area contributed by atoms with Gasteiger partial charge in [0.1, 0.15) is 0 Å². The summed E-state index contributed by atoms with van der Waals surface area (Å²) in [5.74, 6) is 0.423. The fourth-order valence-corrected chi connectivity index (χ4v) is 2.75. The zero-order chi connectivity index (χ0) is 13.4. The Hall–Kier alpha value is -2.02. The Morgan fingerprint density at radius 2 is 1.63 bits per heavy atom. The van der Waals surface area contributed by atoms with Crippen molar-refractivity contribution in [1.82, 2.24) is 4.57 Å². The van der Waals surface area contributed by atoms with Crippen molar-refractivity contribution in [2.24, 2.45) is 7.05 Å². The van der Waals surface area contributed by atoms with Crippen LogP contribution < -0.4 is 0 Å². The fourth-order valence-electron chi connectivity index (χ4n) is 2.75. The van der Waals surface area contributed by atoms with Gasteiger partial charge in [-0.05, 0) is 24.1 Å². The lowest BCUT2D eigenvalue weighted by molar-refractivity contribution is 0.898. The van der Waals surface area contributed by atoms with Gasteiger partial charge in [-0.2, -0.15) is 0 Å². The fraction of sp³-hybridized carbons (Fsp3) is 0.222. The van der Waals surface area contributed by atoms with Crippen LogP contribution in [0.1, 0.15) is 29.5 Å². The average molecular weight is 249 g/mol. The number of fused-ring (bicyclic) bond motifs is 1. The monoisotopic (exact) mass is 249 g/mol. The molecule has 0 fully saturated rings. The second-order valence-electron chi connectivity index (χ2n) is 5.34. The van der Waals surface area contributed by atoms with Gasteiger partial charge in [-0.25, -0.2) is 0 Å². The van der Waals surface area contributed by atoms with Crippen molar-refractivity contribution in [3.63, 3.8) is 0 Å². The molecule has 0 bridgehead atoms. The highest BCUT2D eigenvalue weighted by molar-refractivity contribution is 5.84. The average Bonchev–Trinajstić information content (AvgIpc) is 2.77. The van der Waals surface area contributed by atoms with Crippen LogP contribution in [0.2, 0.25) is 0 Å². The van der Waals surface area contributed by atoms with Crippen molar-refractivity contribution < 1.29 is 0 Å². The van der Waals surface area contributed by atoms with Crippen LogP contribution in [0.25, 0.3) is 10.9 Å². The molecule has 1 aromatic heterocycles. The smallest absolute Gasteiger partial charge is 0.0480 e. The second-order valence-corrected chi connectivity index (χ2v) is 5.34. The Labute approximate surface area is 114 Å². The standard InChI is InChI=1S/C18H19N/c1-13-8-10-15(11-9-13)14(2)17-12-19(3)18-7-5-4-6-16(17)18/h4-12,14H,1-3H3. The molecule has 1 heteroatoms. The molecule has 0 amide bonds. The molecule has 19 heavy (non-hydrogen) atoms. The number of aromatic nitrogens is 1. The molecule has 1 nitrogen and oxygen atoms in total. The van der Waals surface area contributed by atoms with E-state index in [1.54, 1.807) is 0 Å². The lowest BCUT2D eigenvalue weighted by Gasteiger charge is -2.11. The summed E-state index contributed by atoms with van der Waals surface area (Å²) in [4.78, 5) is 0. The molecule has 0 aliphatic heterocycles. The van der Waals surface area contributed by atoms with Crippen LogP contribution in [0, 0.1) is 6.92 Å². The minimum atomic E-state index is 0.423.